The zero-order valence-corrected chi connectivity index (χ0v) is 14.5. The Morgan fingerprint density at radius 2 is 0.933 bits per heavy atom. The van der Waals surface area contributed by atoms with Gasteiger partial charge in [-0.05, 0) is 37.7 Å². The predicted molar refractivity (Wildman–Crippen MR) is 66.2 cm³/mol. The van der Waals surface area contributed by atoms with Gasteiger partial charge in [-0.2, -0.15) is 0 Å². The third kappa shape index (κ3) is 15.7. The van der Waals surface area contributed by atoms with Crippen LogP contribution in [0.4, 0.5) is 0 Å². The third-order valence-corrected chi connectivity index (χ3v) is 5.33. The molecular weight excluding hydrogens is 366 g/mol. The van der Waals surface area contributed by atoms with Crippen molar-refractivity contribution in [2.24, 2.45) is 0 Å². The van der Waals surface area contributed by atoms with Gasteiger partial charge in [0, 0.05) is 0 Å². The molecule has 98 valence electrons. The average molecular weight is 393 g/mol. The van der Waals surface area contributed by atoms with Crippen LogP contribution < -0.4 is 24.0 Å². The molecule has 0 spiro atoms. The van der Waals surface area contributed by atoms with E-state index in [0.29, 0.717) is 7.92 Å². The Balaban J connectivity index is -0.000000720. The molecule has 3 heteroatoms. The summed E-state index contributed by atoms with van der Waals surface area (Å²) in [4.78, 5) is 0. The predicted octanol–water partition coefficient (Wildman–Crippen LogP) is 1.87. The van der Waals surface area contributed by atoms with Crippen LogP contribution in [-0.2, 0) is 17.1 Å². The zero-order chi connectivity index (χ0) is 9.94. The number of hydrogen-bond donors (Lipinski definition) is 0. The zero-order valence-electron chi connectivity index (χ0n) is 10.5. The molecule has 0 rings (SSSR count). The molecule has 0 aromatic heterocycles. The van der Waals surface area contributed by atoms with Crippen LogP contribution in [-0.4, -0.2) is 18.5 Å². The summed E-state index contributed by atoms with van der Waals surface area (Å²) in [5.41, 5.74) is 0. The Morgan fingerprint density at radius 3 is 1.13 bits per heavy atom. The SMILES string of the molecule is CCCCP(CCCC)CCCC.[Cu+].[I-]. The first kappa shape index (κ1) is 21.9. The van der Waals surface area contributed by atoms with Gasteiger partial charge in [-0.15, -0.1) is 7.92 Å². The Bertz CT molecular complexity index is 82.6. The molecule has 0 atom stereocenters. The summed E-state index contributed by atoms with van der Waals surface area (Å²) in [5.74, 6) is 0. The minimum atomic E-state index is 0. The Hall–Kier alpha value is 1.68. The first-order valence-corrected chi connectivity index (χ1v) is 7.97. The maximum Gasteiger partial charge on any atom is 1.00 e. The van der Waals surface area contributed by atoms with E-state index in [-0.39, 0.29) is 41.0 Å². The summed E-state index contributed by atoms with van der Waals surface area (Å²) in [6, 6.07) is 0. The van der Waals surface area contributed by atoms with Gasteiger partial charge in [-0.3, -0.25) is 0 Å². The minimum Gasteiger partial charge on any atom is -1.00 e. The molecule has 15 heavy (non-hydrogen) atoms. The van der Waals surface area contributed by atoms with Crippen molar-refractivity contribution in [2.45, 2.75) is 59.3 Å². The van der Waals surface area contributed by atoms with Gasteiger partial charge in [-0.1, -0.05) is 40.0 Å². The van der Waals surface area contributed by atoms with Crippen molar-refractivity contribution in [2.75, 3.05) is 18.5 Å². The fourth-order valence-electron chi connectivity index (χ4n) is 1.48. The van der Waals surface area contributed by atoms with Crippen LogP contribution in [0.5, 0.6) is 0 Å². The van der Waals surface area contributed by atoms with Gasteiger partial charge >= 0.3 is 17.1 Å². The van der Waals surface area contributed by atoms with Gasteiger partial charge in [0.1, 0.15) is 0 Å². The van der Waals surface area contributed by atoms with Gasteiger partial charge in [-0.25, -0.2) is 0 Å². The molecule has 0 aromatic rings. The first-order valence-electron chi connectivity index (χ1n) is 6.07. The van der Waals surface area contributed by atoms with Crippen LogP contribution in [0.2, 0.25) is 0 Å². The van der Waals surface area contributed by atoms with Crippen LogP contribution in [0.1, 0.15) is 59.3 Å². The fraction of sp³-hybridized carbons (Fsp3) is 1.00. The molecule has 0 aliphatic carbocycles. The van der Waals surface area contributed by atoms with Gasteiger partial charge in [0.05, 0.1) is 0 Å². The molecule has 0 aromatic carbocycles. The topological polar surface area (TPSA) is 0 Å². The Kier molecular flexibility index (Phi) is 26.4. The number of halogens is 1. The van der Waals surface area contributed by atoms with Gasteiger partial charge < -0.3 is 24.0 Å². The Morgan fingerprint density at radius 1 is 0.667 bits per heavy atom. The van der Waals surface area contributed by atoms with E-state index in [2.05, 4.69) is 20.8 Å². The molecule has 0 saturated carbocycles. The third-order valence-electron chi connectivity index (χ3n) is 2.48. The van der Waals surface area contributed by atoms with Crippen molar-refractivity contribution < 1.29 is 41.0 Å². The van der Waals surface area contributed by atoms with Crippen LogP contribution in [0.25, 0.3) is 0 Å². The molecule has 0 amide bonds. The summed E-state index contributed by atoms with van der Waals surface area (Å²) in [5, 5.41) is 0. The molecule has 0 bridgehead atoms. The standard InChI is InChI=1S/C12H27P.Cu.HI/c1-4-7-10-13(11-8-5-2)12-9-6-3;;/h4-12H2,1-3H3;;1H/q;+1;/p-1. The maximum atomic E-state index is 2.31. The monoisotopic (exact) mass is 392 g/mol. The van der Waals surface area contributed by atoms with Crippen molar-refractivity contribution in [1.29, 1.82) is 0 Å². The number of rotatable bonds is 9. The van der Waals surface area contributed by atoms with E-state index >= 15 is 0 Å². The normalized spacial score (nSPS) is 9.60. The quantitative estimate of drug-likeness (QED) is 0.319. The second-order valence-corrected chi connectivity index (χ2v) is 6.59. The molecule has 0 saturated heterocycles. The van der Waals surface area contributed by atoms with Crippen LogP contribution in [0, 0.1) is 0 Å². The van der Waals surface area contributed by atoms with E-state index < -0.39 is 0 Å². The smallest absolute Gasteiger partial charge is 1.00 e. The van der Waals surface area contributed by atoms with E-state index in [9.17, 15) is 0 Å². The van der Waals surface area contributed by atoms with E-state index in [4.69, 9.17) is 0 Å². The van der Waals surface area contributed by atoms with Crippen molar-refractivity contribution in [3.05, 3.63) is 0 Å². The summed E-state index contributed by atoms with van der Waals surface area (Å²) in [6.45, 7) is 6.94. The van der Waals surface area contributed by atoms with Crippen molar-refractivity contribution in [3.8, 4) is 0 Å². The summed E-state index contributed by atoms with van der Waals surface area (Å²) in [7, 11) is 0.422. The summed E-state index contributed by atoms with van der Waals surface area (Å²) >= 11 is 0. The molecule has 0 unspecified atom stereocenters. The molecule has 0 radical (unpaired) electrons. The number of hydrogen-bond acceptors (Lipinski definition) is 0. The molecule has 0 aliphatic rings. The second kappa shape index (κ2) is 18.1. The molecule has 0 aliphatic heterocycles. The number of unbranched alkanes of at least 4 members (excludes halogenated alkanes) is 3. The van der Waals surface area contributed by atoms with Crippen LogP contribution >= 0.6 is 7.92 Å². The summed E-state index contributed by atoms with van der Waals surface area (Å²) in [6.07, 6.45) is 13.2. The second-order valence-electron chi connectivity index (χ2n) is 3.90. The van der Waals surface area contributed by atoms with Crippen molar-refractivity contribution in [1.82, 2.24) is 0 Å². The maximum absolute atomic E-state index is 2.31. The average Bonchev–Trinajstić information content (AvgIpc) is 2.17. The van der Waals surface area contributed by atoms with Gasteiger partial charge in [0.2, 0.25) is 0 Å². The van der Waals surface area contributed by atoms with E-state index in [1.54, 1.807) is 18.5 Å². The molecule has 0 N–H and O–H groups in total. The van der Waals surface area contributed by atoms with E-state index in [1.807, 2.05) is 0 Å². The Labute approximate surface area is 126 Å². The molecule has 0 fully saturated rings. The molecule has 0 heterocycles. The van der Waals surface area contributed by atoms with Crippen LogP contribution in [0.15, 0.2) is 0 Å². The van der Waals surface area contributed by atoms with Crippen molar-refractivity contribution in [3.63, 3.8) is 0 Å². The minimum absolute atomic E-state index is 0. The molecular formula is C12H27CuIP. The summed E-state index contributed by atoms with van der Waals surface area (Å²) < 4.78 is 0. The first-order chi connectivity index (χ1) is 6.35. The fourth-order valence-corrected chi connectivity index (χ4v) is 4.44. The van der Waals surface area contributed by atoms with Gasteiger partial charge in [0.15, 0.2) is 0 Å². The van der Waals surface area contributed by atoms with Gasteiger partial charge in [0.25, 0.3) is 0 Å². The van der Waals surface area contributed by atoms with Crippen LogP contribution in [0.3, 0.4) is 0 Å². The van der Waals surface area contributed by atoms with E-state index in [0.717, 1.165) is 0 Å². The largest absolute Gasteiger partial charge is 1.00 e. The van der Waals surface area contributed by atoms with Crippen molar-refractivity contribution >= 4 is 7.92 Å². The molecule has 0 nitrogen and oxygen atoms in total. The van der Waals surface area contributed by atoms with E-state index in [1.165, 1.54) is 38.5 Å².